The summed E-state index contributed by atoms with van der Waals surface area (Å²) in [6.45, 7) is 4.47. The molecule has 1 saturated carbocycles. The minimum Gasteiger partial charge on any atom is -0.393 e. The number of aliphatic hydroxyl groups is 1. The number of aromatic nitrogens is 3. The van der Waals surface area contributed by atoms with Crippen LogP contribution >= 0.6 is 0 Å². The average molecular weight is 557 g/mol. The molecule has 1 saturated heterocycles. The van der Waals surface area contributed by atoms with E-state index in [1.54, 1.807) is 20.0 Å². The number of piperazine rings is 1. The lowest BCUT2D eigenvalue weighted by atomic mass is 9.85. The lowest BCUT2D eigenvalue weighted by Gasteiger charge is -2.34. The van der Waals surface area contributed by atoms with Crippen LogP contribution in [0.4, 0.5) is 14.7 Å². The van der Waals surface area contributed by atoms with Gasteiger partial charge in [0.1, 0.15) is 0 Å². The van der Waals surface area contributed by atoms with E-state index in [0.29, 0.717) is 5.95 Å². The van der Waals surface area contributed by atoms with Crippen molar-refractivity contribution in [2.45, 2.75) is 70.8 Å². The third-order valence-corrected chi connectivity index (χ3v) is 8.00. The molecule has 216 valence electrons. The van der Waals surface area contributed by atoms with Crippen LogP contribution in [0.15, 0.2) is 36.5 Å². The van der Waals surface area contributed by atoms with Gasteiger partial charge in [-0.2, -0.15) is 8.78 Å². The number of nitrogens with one attached hydrogen (secondary N) is 1. The third-order valence-electron chi connectivity index (χ3n) is 8.00. The summed E-state index contributed by atoms with van der Waals surface area (Å²) >= 11 is 0. The number of anilines is 1. The predicted octanol–water partition coefficient (Wildman–Crippen LogP) is 4.12. The summed E-state index contributed by atoms with van der Waals surface area (Å²) in [6, 6.07) is 10.3. The van der Waals surface area contributed by atoms with Crippen LogP contribution in [0.25, 0.3) is 16.6 Å². The van der Waals surface area contributed by atoms with Crippen molar-refractivity contribution in [3.8, 4) is 11.1 Å². The molecule has 1 atom stereocenters. The van der Waals surface area contributed by atoms with Crippen LogP contribution in [0.3, 0.4) is 0 Å². The molecule has 2 fully saturated rings. The largest absolute Gasteiger partial charge is 0.393 e. The molecule has 3 heterocycles. The molecule has 3 aromatic rings. The molecule has 1 aliphatic carbocycles. The fourth-order valence-corrected chi connectivity index (χ4v) is 5.72. The van der Waals surface area contributed by atoms with Crippen molar-refractivity contribution in [3.05, 3.63) is 47.8 Å². The maximum Gasteiger partial charge on any atom is 0.345 e. The van der Waals surface area contributed by atoms with Crippen LogP contribution in [0.5, 0.6) is 0 Å². The van der Waals surface area contributed by atoms with Crippen molar-refractivity contribution in [2.24, 2.45) is 0 Å². The van der Waals surface area contributed by atoms with E-state index in [1.807, 2.05) is 9.42 Å². The van der Waals surface area contributed by atoms with Crippen LogP contribution in [0, 0.1) is 0 Å². The van der Waals surface area contributed by atoms with Gasteiger partial charge >= 0.3 is 6.61 Å². The van der Waals surface area contributed by atoms with Crippen molar-refractivity contribution in [3.63, 3.8) is 0 Å². The van der Waals surface area contributed by atoms with Gasteiger partial charge in [0.25, 0.3) is 0 Å². The van der Waals surface area contributed by atoms with E-state index in [-0.39, 0.29) is 24.5 Å². The monoisotopic (exact) mass is 556 g/mol. The molecule has 40 heavy (non-hydrogen) atoms. The van der Waals surface area contributed by atoms with Crippen molar-refractivity contribution < 1.29 is 23.4 Å². The summed E-state index contributed by atoms with van der Waals surface area (Å²) in [5.41, 5.74) is 5.24. The maximum atomic E-state index is 12.5. The molecule has 1 aliphatic heterocycles. The zero-order valence-electron chi connectivity index (χ0n) is 23.1. The molecular weight excluding hydrogens is 518 g/mol. The lowest BCUT2D eigenvalue weighted by Crippen LogP contribution is -2.47. The molecule has 0 bridgehead atoms. The van der Waals surface area contributed by atoms with E-state index in [0.717, 1.165) is 80.7 Å². The van der Waals surface area contributed by atoms with Crippen molar-refractivity contribution in [1.82, 2.24) is 24.4 Å². The zero-order chi connectivity index (χ0) is 28.2. The Morgan fingerprint density at radius 2 is 1.82 bits per heavy atom. The molecule has 2 N–H and O–H groups in total. The Morgan fingerprint density at radius 1 is 1.12 bits per heavy atom. The molecule has 0 unspecified atom stereocenters. The molecule has 11 heteroatoms. The number of halogens is 2. The first-order chi connectivity index (χ1) is 19.3. The van der Waals surface area contributed by atoms with Crippen LogP contribution < -0.4 is 5.32 Å². The van der Waals surface area contributed by atoms with Gasteiger partial charge in [-0.25, -0.2) is 9.50 Å². The average Bonchev–Trinajstić information content (AvgIpc) is 3.32. The number of nitrogens with zero attached hydrogens (tertiary/aromatic N) is 5. The van der Waals surface area contributed by atoms with E-state index in [9.17, 15) is 18.7 Å². The smallest absolute Gasteiger partial charge is 0.345 e. The molecular formula is C29H38F2N6O3. The number of hydrogen-bond acceptors (Lipinski definition) is 7. The molecule has 0 radical (unpaired) electrons. The first-order valence-electron chi connectivity index (χ1n) is 14.1. The number of alkyl halides is 2. The molecule has 0 spiro atoms. The van der Waals surface area contributed by atoms with Gasteiger partial charge in [-0.05, 0) is 49.8 Å². The van der Waals surface area contributed by atoms with Crippen molar-refractivity contribution in [1.29, 1.82) is 0 Å². The van der Waals surface area contributed by atoms with Crippen LogP contribution in [0.1, 0.15) is 56.7 Å². The molecule has 9 nitrogen and oxygen atoms in total. The highest BCUT2D eigenvalue weighted by atomic mass is 19.3. The van der Waals surface area contributed by atoms with Crippen molar-refractivity contribution >= 4 is 17.4 Å². The van der Waals surface area contributed by atoms with Gasteiger partial charge in [-0.1, -0.05) is 24.3 Å². The van der Waals surface area contributed by atoms with E-state index in [1.165, 1.54) is 5.56 Å². The summed E-state index contributed by atoms with van der Waals surface area (Å²) in [4.78, 5) is 20.4. The molecule has 5 rings (SSSR count). The van der Waals surface area contributed by atoms with E-state index in [2.05, 4.69) is 50.3 Å². The Kier molecular flexibility index (Phi) is 8.92. The van der Waals surface area contributed by atoms with Gasteiger partial charge in [-0.3, -0.25) is 9.69 Å². The Labute approximate surface area is 233 Å². The van der Waals surface area contributed by atoms with Gasteiger partial charge < -0.3 is 20.1 Å². The SMILES string of the molecule is CC(=O)N1CCN(Cc2ccc(-c3cc([C@H]4CC[C@H](O)CC4)n4nc(N[C@@H](C)COC(F)F)ncc34)cc2)CC1. The number of ether oxygens (including phenoxy) is 1. The fourth-order valence-electron chi connectivity index (χ4n) is 5.72. The highest BCUT2D eigenvalue weighted by Gasteiger charge is 2.26. The lowest BCUT2D eigenvalue weighted by molar-refractivity contribution is -0.131. The minimum absolute atomic E-state index is 0.134. The molecule has 2 aliphatic rings. The van der Waals surface area contributed by atoms with Gasteiger partial charge in [0.15, 0.2) is 0 Å². The van der Waals surface area contributed by atoms with Gasteiger partial charge in [-0.15, -0.1) is 5.10 Å². The Bertz CT molecular complexity index is 1280. The number of rotatable bonds is 9. The summed E-state index contributed by atoms with van der Waals surface area (Å²) < 4.78 is 31.3. The number of aliphatic hydroxyl groups excluding tert-OH is 1. The topological polar surface area (TPSA) is 95.2 Å². The molecule has 1 amide bonds. The first kappa shape index (κ1) is 28.4. The Hall–Kier alpha value is -3.15. The number of carbonyl (C=O) groups excluding carboxylic acids is 1. The normalized spacial score (nSPS) is 21.2. The summed E-state index contributed by atoms with van der Waals surface area (Å²) in [5, 5.41) is 17.9. The van der Waals surface area contributed by atoms with E-state index >= 15 is 0 Å². The maximum absolute atomic E-state index is 12.5. The predicted molar refractivity (Wildman–Crippen MR) is 148 cm³/mol. The quantitative estimate of drug-likeness (QED) is 0.410. The second-order valence-corrected chi connectivity index (χ2v) is 11.0. The standard InChI is InChI=1S/C29H38F2N6O3/c1-19(18-40-28(30)31)33-29-32-16-27-25(15-26(37(27)34-29)23-7-9-24(39)10-8-23)22-5-3-21(4-6-22)17-35-11-13-36(14-12-35)20(2)38/h3-6,15-16,19,23-24,28,39H,7-14,17-18H2,1-2H3,(H,33,34)/t19-,23-,24-/m0/s1. The number of fused-ring (bicyclic) bond motifs is 1. The molecule has 2 aromatic heterocycles. The summed E-state index contributed by atoms with van der Waals surface area (Å²) in [5.74, 6) is 0.729. The number of hydrogen-bond donors (Lipinski definition) is 2. The van der Waals surface area contributed by atoms with Gasteiger partial charge in [0, 0.05) is 62.9 Å². The zero-order valence-corrected chi connectivity index (χ0v) is 23.1. The number of amides is 1. The Morgan fingerprint density at radius 3 is 2.48 bits per heavy atom. The first-order valence-corrected chi connectivity index (χ1v) is 14.1. The highest BCUT2D eigenvalue weighted by molar-refractivity contribution is 5.81. The van der Waals surface area contributed by atoms with Crippen LogP contribution in [-0.4, -0.2) is 87.0 Å². The van der Waals surface area contributed by atoms with Crippen molar-refractivity contribution in [2.75, 3.05) is 38.1 Å². The second-order valence-electron chi connectivity index (χ2n) is 11.0. The summed E-state index contributed by atoms with van der Waals surface area (Å²) in [6.07, 6.45) is 4.75. The van der Waals surface area contributed by atoms with Gasteiger partial charge in [0.05, 0.1) is 24.4 Å². The van der Waals surface area contributed by atoms with Crippen LogP contribution in [-0.2, 0) is 16.1 Å². The highest BCUT2D eigenvalue weighted by Crippen LogP contribution is 2.37. The summed E-state index contributed by atoms with van der Waals surface area (Å²) in [7, 11) is 0. The third kappa shape index (κ3) is 6.76. The second kappa shape index (κ2) is 12.6. The number of carbonyl (C=O) groups is 1. The van der Waals surface area contributed by atoms with E-state index in [4.69, 9.17) is 5.10 Å². The molecule has 1 aromatic carbocycles. The minimum atomic E-state index is -2.82. The van der Waals surface area contributed by atoms with Gasteiger partial charge in [0.2, 0.25) is 11.9 Å². The van der Waals surface area contributed by atoms with E-state index < -0.39 is 12.7 Å². The number of benzene rings is 1. The van der Waals surface area contributed by atoms with Crippen LogP contribution in [0.2, 0.25) is 0 Å². The fraction of sp³-hybridized carbons (Fsp3) is 0.552. The Balaban J connectivity index is 1.37.